The van der Waals surface area contributed by atoms with Crippen LogP contribution in [0.15, 0.2) is 30.3 Å². The van der Waals surface area contributed by atoms with Gasteiger partial charge < -0.3 is 29.4 Å². The number of ether oxygens (including phenoxy) is 4. The number of aliphatic hydroxyl groups is 1. The second kappa shape index (κ2) is 6.78. The average molecular weight is 337 g/mol. The molecule has 7 heteroatoms. The van der Waals surface area contributed by atoms with Crippen molar-refractivity contribution in [3.05, 3.63) is 35.9 Å². The highest BCUT2D eigenvalue weighted by Gasteiger charge is 2.51. The van der Waals surface area contributed by atoms with Crippen molar-refractivity contribution in [2.45, 2.75) is 50.3 Å². The van der Waals surface area contributed by atoms with Gasteiger partial charge in [0.05, 0.1) is 6.61 Å². The molecule has 2 fully saturated rings. The maximum atomic E-state index is 12.3. The fourth-order valence-corrected chi connectivity index (χ4v) is 3.05. The lowest BCUT2D eigenvalue weighted by Crippen LogP contribution is -2.49. The highest BCUT2D eigenvalue weighted by Crippen LogP contribution is 2.32. The molecule has 2 saturated heterocycles. The highest BCUT2D eigenvalue weighted by atomic mass is 16.8. The summed E-state index contributed by atoms with van der Waals surface area (Å²) in [6, 6.07) is 8.09. The molecule has 24 heavy (non-hydrogen) atoms. The molecule has 132 valence electrons. The fraction of sp³-hybridized carbons (Fsp3) is 0.588. The van der Waals surface area contributed by atoms with Gasteiger partial charge >= 0.3 is 0 Å². The lowest BCUT2D eigenvalue weighted by molar-refractivity contribution is -0.180. The van der Waals surface area contributed by atoms with E-state index in [4.69, 9.17) is 18.9 Å². The number of hydrogen-bond donors (Lipinski definition) is 2. The number of hydrogen-bond acceptors (Lipinski definition) is 6. The van der Waals surface area contributed by atoms with Crippen LogP contribution in [0.4, 0.5) is 0 Å². The van der Waals surface area contributed by atoms with Crippen molar-refractivity contribution < 1.29 is 28.8 Å². The summed E-state index contributed by atoms with van der Waals surface area (Å²) in [6.45, 7) is 3.91. The molecule has 0 bridgehead atoms. The summed E-state index contributed by atoms with van der Waals surface area (Å²) in [5.41, 5.74) is 0.504. The molecule has 2 N–H and O–H groups in total. The minimum atomic E-state index is -0.967. The Labute approximate surface area is 140 Å². The largest absolute Gasteiger partial charge is 0.388 e. The van der Waals surface area contributed by atoms with E-state index in [0.29, 0.717) is 12.2 Å². The Hall–Kier alpha value is -1.51. The molecule has 0 aromatic heterocycles. The fourth-order valence-electron chi connectivity index (χ4n) is 3.05. The van der Waals surface area contributed by atoms with Crippen LogP contribution in [0.25, 0.3) is 0 Å². The maximum Gasteiger partial charge on any atom is 0.251 e. The molecule has 2 heterocycles. The molecule has 1 aromatic carbocycles. The van der Waals surface area contributed by atoms with E-state index in [9.17, 15) is 9.90 Å². The molecule has 7 nitrogen and oxygen atoms in total. The number of methoxy groups -OCH3 is 1. The summed E-state index contributed by atoms with van der Waals surface area (Å²) >= 11 is 0. The minimum absolute atomic E-state index is 0.296. The van der Waals surface area contributed by atoms with Gasteiger partial charge in [-0.1, -0.05) is 18.2 Å². The zero-order valence-electron chi connectivity index (χ0n) is 14.0. The maximum absolute atomic E-state index is 12.3. The highest BCUT2D eigenvalue weighted by molar-refractivity contribution is 5.94. The van der Waals surface area contributed by atoms with E-state index in [0.717, 1.165) is 0 Å². The molecule has 1 amide bonds. The van der Waals surface area contributed by atoms with E-state index < -0.39 is 36.4 Å². The number of aliphatic hydroxyl groups excluding tert-OH is 1. The monoisotopic (exact) mass is 337 g/mol. The van der Waals surface area contributed by atoms with Gasteiger partial charge in [0.15, 0.2) is 12.1 Å². The van der Waals surface area contributed by atoms with Crippen LogP contribution in [0, 0.1) is 0 Å². The topological polar surface area (TPSA) is 86.2 Å². The molecule has 2 aliphatic heterocycles. The second-order valence-corrected chi connectivity index (χ2v) is 6.43. The number of carbonyl (C=O) groups excluding carboxylic acids is 1. The van der Waals surface area contributed by atoms with Crippen LogP contribution in [0.3, 0.4) is 0 Å². The molecular weight excluding hydrogens is 314 g/mol. The third-order valence-corrected chi connectivity index (χ3v) is 4.25. The second-order valence-electron chi connectivity index (χ2n) is 6.43. The first-order valence-electron chi connectivity index (χ1n) is 7.95. The molecule has 0 saturated carbocycles. The Morgan fingerprint density at radius 3 is 2.62 bits per heavy atom. The zero-order valence-corrected chi connectivity index (χ0v) is 14.0. The molecule has 0 spiro atoms. The third-order valence-electron chi connectivity index (χ3n) is 4.25. The molecule has 2 aliphatic rings. The number of nitrogens with one attached hydrogen (secondary N) is 1. The summed E-state index contributed by atoms with van der Waals surface area (Å²) in [5.74, 6) is -1.02. The van der Waals surface area contributed by atoms with Crippen molar-refractivity contribution in [3.63, 3.8) is 0 Å². The van der Waals surface area contributed by atoms with E-state index in [1.165, 1.54) is 7.11 Å². The van der Waals surface area contributed by atoms with Crippen LogP contribution in [-0.4, -0.2) is 61.2 Å². The number of carbonyl (C=O) groups is 1. The smallest absolute Gasteiger partial charge is 0.251 e. The summed E-state index contributed by atoms with van der Waals surface area (Å²) in [5, 5.41) is 13.4. The first-order chi connectivity index (χ1) is 11.4. The average Bonchev–Trinajstić information content (AvgIpc) is 3.08. The minimum Gasteiger partial charge on any atom is -0.388 e. The number of amides is 1. The molecular formula is C17H23NO6. The first kappa shape index (κ1) is 17.3. The number of benzene rings is 1. The van der Waals surface area contributed by atoms with E-state index >= 15 is 0 Å². The van der Waals surface area contributed by atoms with Crippen molar-refractivity contribution in [1.29, 1.82) is 0 Å². The van der Waals surface area contributed by atoms with E-state index in [1.54, 1.807) is 38.1 Å². The van der Waals surface area contributed by atoms with Crippen molar-refractivity contribution >= 4 is 5.91 Å². The van der Waals surface area contributed by atoms with E-state index in [2.05, 4.69) is 5.32 Å². The Morgan fingerprint density at radius 1 is 1.33 bits per heavy atom. The molecule has 0 aliphatic carbocycles. The summed E-state index contributed by atoms with van der Waals surface area (Å²) in [4.78, 5) is 12.3. The SMILES string of the molecule is CO[C@@H]1O[C@H](C2COC(C)(C)O2)[C@H](O)[C@H]1NC(=O)c1ccccc1. The molecule has 1 aromatic rings. The standard InChI is InChI=1S/C17H23NO6/c1-17(2)22-9-11(24-17)14-13(19)12(16(21-3)23-14)18-15(20)10-7-5-4-6-8-10/h4-8,11-14,16,19H,9H2,1-3H3,(H,18,20)/t11?,12-,13-,14-,16-/m1/s1. The molecule has 1 unspecified atom stereocenters. The molecule has 3 rings (SSSR count). The van der Waals surface area contributed by atoms with Crippen LogP contribution in [-0.2, 0) is 18.9 Å². The third kappa shape index (κ3) is 3.45. The quantitative estimate of drug-likeness (QED) is 0.840. The molecule has 0 radical (unpaired) electrons. The molecule has 5 atom stereocenters. The van der Waals surface area contributed by atoms with Crippen LogP contribution in [0.1, 0.15) is 24.2 Å². The number of rotatable bonds is 4. The van der Waals surface area contributed by atoms with Crippen molar-refractivity contribution in [2.75, 3.05) is 13.7 Å². The normalized spacial score (nSPS) is 35.1. The van der Waals surface area contributed by atoms with Gasteiger partial charge in [-0.2, -0.15) is 0 Å². The van der Waals surface area contributed by atoms with Crippen molar-refractivity contribution in [1.82, 2.24) is 5.32 Å². The van der Waals surface area contributed by atoms with Gasteiger partial charge in [-0.15, -0.1) is 0 Å². The van der Waals surface area contributed by atoms with Crippen LogP contribution in [0.2, 0.25) is 0 Å². The first-order valence-corrected chi connectivity index (χ1v) is 7.95. The van der Waals surface area contributed by atoms with Crippen LogP contribution < -0.4 is 5.32 Å². The van der Waals surface area contributed by atoms with Crippen LogP contribution in [0.5, 0.6) is 0 Å². The zero-order chi connectivity index (χ0) is 17.3. The van der Waals surface area contributed by atoms with Gasteiger partial charge in [0, 0.05) is 12.7 Å². The van der Waals surface area contributed by atoms with Crippen LogP contribution >= 0.6 is 0 Å². The lowest BCUT2D eigenvalue weighted by atomic mass is 10.0. The van der Waals surface area contributed by atoms with Crippen molar-refractivity contribution in [3.8, 4) is 0 Å². The van der Waals surface area contributed by atoms with E-state index in [-0.39, 0.29) is 5.91 Å². The Morgan fingerprint density at radius 2 is 2.04 bits per heavy atom. The Balaban J connectivity index is 1.70. The Bertz CT molecular complexity index is 578. The predicted molar refractivity (Wildman–Crippen MR) is 84.3 cm³/mol. The Kier molecular flexibility index (Phi) is 4.89. The van der Waals surface area contributed by atoms with Gasteiger partial charge in [0.25, 0.3) is 5.91 Å². The van der Waals surface area contributed by atoms with Crippen molar-refractivity contribution in [2.24, 2.45) is 0 Å². The van der Waals surface area contributed by atoms with Gasteiger partial charge in [-0.25, -0.2) is 0 Å². The predicted octanol–water partition coefficient (Wildman–Crippen LogP) is 0.669. The van der Waals surface area contributed by atoms with Gasteiger partial charge in [0.2, 0.25) is 0 Å². The summed E-state index contributed by atoms with van der Waals surface area (Å²) < 4.78 is 22.3. The summed E-state index contributed by atoms with van der Waals surface area (Å²) in [7, 11) is 1.47. The van der Waals surface area contributed by atoms with Gasteiger partial charge in [-0.3, -0.25) is 4.79 Å². The lowest BCUT2D eigenvalue weighted by Gasteiger charge is -2.23. The summed E-state index contributed by atoms with van der Waals surface area (Å²) in [6.07, 6.45) is -2.79. The van der Waals surface area contributed by atoms with Gasteiger partial charge in [-0.05, 0) is 26.0 Å². The van der Waals surface area contributed by atoms with Gasteiger partial charge in [0.1, 0.15) is 24.4 Å². The van der Waals surface area contributed by atoms with E-state index in [1.807, 2.05) is 6.07 Å².